The van der Waals surface area contributed by atoms with Crippen molar-refractivity contribution in [1.29, 1.82) is 0 Å². The third-order valence-corrected chi connectivity index (χ3v) is 5.38. The molecule has 0 bridgehead atoms. The van der Waals surface area contributed by atoms with Crippen molar-refractivity contribution in [2.24, 2.45) is 0 Å². The van der Waals surface area contributed by atoms with Crippen LogP contribution in [-0.2, 0) is 15.0 Å². The van der Waals surface area contributed by atoms with E-state index in [-0.39, 0.29) is 16.5 Å². The van der Waals surface area contributed by atoms with Gasteiger partial charge in [0.05, 0.1) is 11.7 Å². The predicted molar refractivity (Wildman–Crippen MR) is 87.5 cm³/mol. The van der Waals surface area contributed by atoms with Crippen LogP contribution in [0.5, 0.6) is 5.75 Å². The van der Waals surface area contributed by atoms with Crippen LogP contribution in [0.15, 0.2) is 30.5 Å². The van der Waals surface area contributed by atoms with Gasteiger partial charge in [0, 0.05) is 16.5 Å². The van der Waals surface area contributed by atoms with Gasteiger partial charge in [-0.05, 0) is 24.3 Å². The van der Waals surface area contributed by atoms with Gasteiger partial charge in [0.15, 0.2) is 5.82 Å². The zero-order valence-corrected chi connectivity index (χ0v) is 13.6. The molecule has 4 rings (SSSR count). The number of phenolic OH excluding ortho intramolecular Hbond substituents is 1. The zero-order chi connectivity index (χ0) is 18.6. The highest BCUT2D eigenvalue weighted by atomic mass is 32.2. The Balaban J connectivity index is 2.00. The van der Waals surface area contributed by atoms with Gasteiger partial charge in [-0.3, -0.25) is 9.89 Å². The molecule has 0 atom stereocenters. The second-order valence-electron chi connectivity index (χ2n) is 5.59. The lowest BCUT2D eigenvalue weighted by molar-refractivity contribution is -0.117. The van der Waals surface area contributed by atoms with E-state index < -0.39 is 45.7 Å². The number of aromatic nitrogens is 2. The number of hydrogen-bond donors (Lipinski definition) is 3. The first-order valence-corrected chi connectivity index (χ1v) is 8.70. The fourth-order valence-electron chi connectivity index (χ4n) is 2.90. The molecule has 3 N–H and O–H groups in total. The number of aromatic amines is 1. The van der Waals surface area contributed by atoms with E-state index >= 15 is 4.39 Å². The normalized spacial score (nSPS) is 16.2. The Morgan fingerprint density at radius 3 is 2.65 bits per heavy atom. The number of H-pyrrole nitrogens is 1. The summed E-state index contributed by atoms with van der Waals surface area (Å²) < 4.78 is 55.6. The molecule has 3 aromatic rings. The molecule has 1 aliphatic rings. The Bertz CT molecular complexity index is 1180. The van der Waals surface area contributed by atoms with Gasteiger partial charge < -0.3 is 5.11 Å². The van der Waals surface area contributed by atoms with Crippen molar-refractivity contribution in [3.63, 3.8) is 0 Å². The fraction of sp³-hybridized carbons (Fsp3) is 0.0667. The summed E-state index contributed by atoms with van der Waals surface area (Å²) in [5.41, 5.74) is -0.718. The van der Waals surface area contributed by atoms with E-state index in [1.54, 1.807) is 4.72 Å². The molecule has 11 heteroatoms. The van der Waals surface area contributed by atoms with Gasteiger partial charge in [-0.15, -0.1) is 0 Å². The molecule has 1 aliphatic heterocycles. The molecule has 0 aliphatic carbocycles. The first-order valence-electron chi connectivity index (χ1n) is 7.26. The van der Waals surface area contributed by atoms with Crippen LogP contribution in [-0.4, -0.2) is 36.2 Å². The van der Waals surface area contributed by atoms with E-state index in [1.165, 1.54) is 12.3 Å². The molecule has 0 radical (unpaired) electrons. The van der Waals surface area contributed by atoms with Crippen molar-refractivity contribution < 1.29 is 27.1 Å². The standard InChI is InChI=1S/C15H10F2N4O4S/c16-9-2-3-10-8(5-18-19-10)13(9)7-1-4-11(22)15(14(7)17)21-6-12(23)20-26(21,24)25/h1-5,22H,6H2,(H,18,19)(H,20,23). The monoisotopic (exact) mass is 380 g/mol. The summed E-state index contributed by atoms with van der Waals surface area (Å²) >= 11 is 0. The number of nitrogens with zero attached hydrogens (tertiary/aromatic N) is 2. The van der Waals surface area contributed by atoms with E-state index in [4.69, 9.17) is 0 Å². The largest absolute Gasteiger partial charge is 0.506 e. The van der Waals surface area contributed by atoms with Gasteiger partial charge in [-0.25, -0.2) is 17.8 Å². The van der Waals surface area contributed by atoms with Crippen molar-refractivity contribution in [3.05, 3.63) is 42.1 Å². The van der Waals surface area contributed by atoms with Crippen LogP contribution in [0.3, 0.4) is 0 Å². The number of nitrogens with one attached hydrogen (secondary N) is 2. The smallest absolute Gasteiger partial charge is 0.326 e. The molecule has 1 saturated heterocycles. The maximum Gasteiger partial charge on any atom is 0.326 e. The van der Waals surface area contributed by atoms with Gasteiger partial charge in [0.25, 0.3) is 5.91 Å². The number of anilines is 1. The lowest BCUT2D eigenvalue weighted by Gasteiger charge is -2.19. The minimum atomic E-state index is -4.35. The minimum absolute atomic E-state index is 0.147. The van der Waals surface area contributed by atoms with Gasteiger partial charge in [0.2, 0.25) is 0 Å². The number of benzene rings is 2. The third-order valence-electron chi connectivity index (χ3n) is 4.01. The Morgan fingerprint density at radius 1 is 1.19 bits per heavy atom. The number of amides is 1. The quantitative estimate of drug-likeness (QED) is 0.622. The molecule has 1 amide bonds. The number of carbonyl (C=O) groups is 1. The molecule has 26 heavy (non-hydrogen) atoms. The summed E-state index contributed by atoms with van der Waals surface area (Å²) in [5, 5.41) is 16.7. The zero-order valence-electron chi connectivity index (χ0n) is 12.8. The topological polar surface area (TPSA) is 115 Å². The molecule has 0 unspecified atom stereocenters. The highest BCUT2D eigenvalue weighted by Gasteiger charge is 2.38. The molecule has 134 valence electrons. The third kappa shape index (κ3) is 2.28. The highest BCUT2D eigenvalue weighted by Crippen LogP contribution is 2.41. The molecule has 1 fully saturated rings. The first-order chi connectivity index (χ1) is 12.3. The van der Waals surface area contributed by atoms with E-state index in [2.05, 4.69) is 10.2 Å². The average molecular weight is 380 g/mol. The molecule has 2 aromatic carbocycles. The molecule has 2 heterocycles. The number of fused-ring (bicyclic) bond motifs is 1. The van der Waals surface area contributed by atoms with Gasteiger partial charge in [0.1, 0.15) is 23.8 Å². The number of rotatable bonds is 2. The van der Waals surface area contributed by atoms with Gasteiger partial charge >= 0.3 is 10.2 Å². The molecular formula is C15H10F2N4O4S. The van der Waals surface area contributed by atoms with E-state index in [1.807, 2.05) is 0 Å². The van der Waals surface area contributed by atoms with Crippen LogP contribution in [0.1, 0.15) is 0 Å². The number of aromatic hydroxyl groups is 1. The van der Waals surface area contributed by atoms with Crippen molar-refractivity contribution >= 4 is 32.7 Å². The van der Waals surface area contributed by atoms with Gasteiger partial charge in [-0.2, -0.15) is 13.5 Å². The summed E-state index contributed by atoms with van der Waals surface area (Å²) in [6.07, 6.45) is 1.30. The van der Waals surface area contributed by atoms with Crippen molar-refractivity contribution in [3.8, 4) is 16.9 Å². The van der Waals surface area contributed by atoms with Crippen LogP contribution in [0, 0.1) is 11.6 Å². The van der Waals surface area contributed by atoms with Crippen LogP contribution in [0.25, 0.3) is 22.0 Å². The van der Waals surface area contributed by atoms with Crippen molar-refractivity contribution in [2.75, 3.05) is 10.8 Å². The number of halogens is 2. The molecular weight excluding hydrogens is 370 g/mol. The lowest BCUT2D eigenvalue weighted by Crippen LogP contribution is -2.30. The molecule has 0 spiro atoms. The Morgan fingerprint density at radius 2 is 1.96 bits per heavy atom. The van der Waals surface area contributed by atoms with Crippen LogP contribution in [0.4, 0.5) is 14.5 Å². The molecule has 8 nitrogen and oxygen atoms in total. The second-order valence-corrected chi connectivity index (χ2v) is 7.18. The SMILES string of the molecule is O=C1CN(c2c(O)ccc(-c3c(F)ccc4[nH]ncc34)c2F)S(=O)(=O)N1. The second kappa shape index (κ2) is 5.39. The predicted octanol–water partition coefficient (Wildman–Crippen LogP) is 1.39. The van der Waals surface area contributed by atoms with Gasteiger partial charge in [-0.1, -0.05) is 0 Å². The van der Waals surface area contributed by atoms with E-state index in [0.717, 1.165) is 18.2 Å². The Hall–Kier alpha value is -3.21. The molecule has 0 saturated carbocycles. The summed E-state index contributed by atoms with van der Waals surface area (Å²) in [6, 6.07) is 4.69. The summed E-state index contributed by atoms with van der Waals surface area (Å²) in [7, 11) is -4.35. The maximum atomic E-state index is 15.2. The van der Waals surface area contributed by atoms with E-state index in [0.29, 0.717) is 9.82 Å². The van der Waals surface area contributed by atoms with Crippen molar-refractivity contribution in [1.82, 2.24) is 14.9 Å². The number of carbonyl (C=O) groups excluding carboxylic acids is 1. The maximum absolute atomic E-state index is 15.2. The van der Waals surface area contributed by atoms with Crippen LogP contribution >= 0.6 is 0 Å². The van der Waals surface area contributed by atoms with Crippen molar-refractivity contribution in [2.45, 2.75) is 0 Å². The lowest BCUT2D eigenvalue weighted by atomic mass is 9.99. The van der Waals surface area contributed by atoms with E-state index in [9.17, 15) is 22.7 Å². The highest BCUT2D eigenvalue weighted by molar-refractivity contribution is 7.92. The first kappa shape index (κ1) is 16.3. The van der Waals surface area contributed by atoms with Crippen LogP contribution < -0.4 is 9.03 Å². The summed E-state index contributed by atoms with van der Waals surface area (Å²) in [5.74, 6) is -3.52. The summed E-state index contributed by atoms with van der Waals surface area (Å²) in [6.45, 7) is -0.700. The fourth-order valence-corrected chi connectivity index (χ4v) is 4.06. The Labute approximate surface area is 145 Å². The number of phenols is 1. The average Bonchev–Trinajstić information content (AvgIpc) is 3.12. The number of hydrogen-bond acceptors (Lipinski definition) is 5. The molecule has 1 aromatic heterocycles. The van der Waals surface area contributed by atoms with Crippen LogP contribution in [0.2, 0.25) is 0 Å². The minimum Gasteiger partial charge on any atom is -0.506 e. The summed E-state index contributed by atoms with van der Waals surface area (Å²) in [4.78, 5) is 11.4. The Kier molecular flexibility index (Phi) is 3.37.